The van der Waals surface area contributed by atoms with E-state index in [0.29, 0.717) is 23.4 Å². The standard InChI is InChI=1S/C17H24N5O6P/c1-4-26-29(24,27-5-2)17(16(23)25-3)28-12-7-6-11(8-12)22-10-21-13-14(18)19-9-20-15(13)22/h6-7,9-12,17H,4-5,8H2,1-3H3,(H2,18,19,20)/t11-,12+,17?/m1/s1. The lowest BCUT2D eigenvalue weighted by Gasteiger charge is -2.26. The molecule has 0 aromatic carbocycles. The molecule has 0 amide bonds. The van der Waals surface area contributed by atoms with Crippen LogP contribution in [0.4, 0.5) is 5.82 Å². The highest BCUT2D eigenvalue weighted by atomic mass is 31.2. The number of carbonyl (C=O) groups excluding carboxylic acids is 1. The Morgan fingerprint density at radius 3 is 2.66 bits per heavy atom. The molecule has 0 bridgehead atoms. The average molecular weight is 425 g/mol. The van der Waals surface area contributed by atoms with Gasteiger partial charge in [0.1, 0.15) is 11.8 Å². The molecule has 2 aromatic rings. The van der Waals surface area contributed by atoms with Crippen molar-refractivity contribution in [2.75, 3.05) is 26.1 Å². The molecule has 0 radical (unpaired) electrons. The molecular formula is C17H24N5O6P. The van der Waals surface area contributed by atoms with E-state index >= 15 is 0 Å². The van der Waals surface area contributed by atoms with Crippen molar-refractivity contribution in [3.05, 3.63) is 24.8 Å². The molecular weight excluding hydrogens is 401 g/mol. The number of anilines is 1. The Labute approximate surface area is 167 Å². The molecule has 158 valence electrons. The summed E-state index contributed by atoms with van der Waals surface area (Å²) < 4.78 is 36.1. The maximum absolute atomic E-state index is 13.1. The van der Waals surface area contributed by atoms with Crippen molar-refractivity contribution in [3.8, 4) is 0 Å². The number of allylic oxidation sites excluding steroid dienone is 1. The third-order valence-corrected chi connectivity index (χ3v) is 6.52. The lowest BCUT2D eigenvalue weighted by molar-refractivity contribution is -0.151. The number of nitrogen functional groups attached to an aromatic ring is 1. The zero-order valence-electron chi connectivity index (χ0n) is 16.4. The number of methoxy groups -OCH3 is 1. The summed E-state index contributed by atoms with van der Waals surface area (Å²) in [6.07, 6.45) is 6.60. The molecule has 11 nitrogen and oxygen atoms in total. The van der Waals surface area contributed by atoms with Crippen molar-refractivity contribution < 1.29 is 27.9 Å². The van der Waals surface area contributed by atoms with Crippen LogP contribution < -0.4 is 5.73 Å². The van der Waals surface area contributed by atoms with Crippen LogP contribution in [0.3, 0.4) is 0 Å². The summed E-state index contributed by atoms with van der Waals surface area (Å²) in [5.74, 6) is -2.01. The Bertz CT molecular complexity index is 938. The number of ether oxygens (including phenoxy) is 2. The second-order valence-corrected chi connectivity index (χ2v) is 8.26. The van der Waals surface area contributed by atoms with Crippen molar-refractivity contribution in [2.24, 2.45) is 0 Å². The maximum atomic E-state index is 13.1. The molecule has 0 saturated heterocycles. The van der Waals surface area contributed by atoms with Crippen LogP contribution in [0.1, 0.15) is 26.3 Å². The van der Waals surface area contributed by atoms with Crippen molar-refractivity contribution in [1.82, 2.24) is 19.5 Å². The monoisotopic (exact) mass is 425 g/mol. The average Bonchev–Trinajstić information content (AvgIpc) is 3.33. The van der Waals surface area contributed by atoms with Crippen molar-refractivity contribution >= 4 is 30.5 Å². The zero-order chi connectivity index (χ0) is 21.0. The molecule has 2 N–H and O–H groups in total. The molecule has 0 spiro atoms. The van der Waals surface area contributed by atoms with Crippen LogP contribution in [0.2, 0.25) is 0 Å². The lowest BCUT2D eigenvalue weighted by atomic mass is 10.2. The largest absolute Gasteiger partial charge is 0.467 e. The number of esters is 1. The van der Waals surface area contributed by atoms with Gasteiger partial charge in [0.2, 0.25) is 0 Å². The van der Waals surface area contributed by atoms with Crippen LogP contribution in [0, 0.1) is 0 Å². The molecule has 0 saturated carbocycles. The highest BCUT2D eigenvalue weighted by Gasteiger charge is 2.45. The fraction of sp³-hybridized carbons (Fsp3) is 0.529. The van der Waals surface area contributed by atoms with Crippen molar-refractivity contribution in [1.29, 1.82) is 0 Å². The quantitative estimate of drug-likeness (QED) is 0.360. The molecule has 1 unspecified atom stereocenters. The summed E-state index contributed by atoms with van der Waals surface area (Å²) in [5, 5.41) is 0. The number of nitrogens with zero attached hydrogens (tertiary/aromatic N) is 4. The van der Waals surface area contributed by atoms with Gasteiger partial charge in [0.05, 0.1) is 38.8 Å². The summed E-state index contributed by atoms with van der Waals surface area (Å²) in [7, 11) is -2.68. The fourth-order valence-electron chi connectivity index (χ4n) is 3.13. The number of rotatable bonds is 9. The molecule has 0 fully saturated rings. The third-order valence-electron chi connectivity index (χ3n) is 4.38. The minimum Gasteiger partial charge on any atom is -0.467 e. The first-order valence-corrected chi connectivity index (χ1v) is 10.8. The van der Waals surface area contributed by atoms with E-state index in [4.69, 9.17) is 24.3 Å². The zero-order valence-corrected chi connectivity index (χ0v) is 17.3. The van der Waals surface area contributed by atoms with E-state index in [1.807, 2.05) is 10.6 Å². The van der Waals surface area contributed by atoms with Gasteiger partial charge in [-0.15, -0.1) is 0 Å². The van der Waals surface area contributed by atoms with Gasteiger partial charge in [-0.3, -0.25) is 4.57 Å². The van der Waals surface area contributed by atoms with Crippen LogP contribution in [0.25, 0.3) is 11.2 Å². The van der Waals surface area contributed by atoms with Crippen LogP contribution in [0.15, 0.2) is 24.8 Å². The topological polar surface area (TPSA) is 141 Å². The van der Waals surface area contributed by atoms with Crippen LogP contribution in [-0.2, 0) is 27.9 Å². The predicted octanol–water partition coefficient (Wildman–Crippen LogP) is 2.06. The lowest BCUT2D eigenvalue weighted by Crippen LogP contribution is -2.31. The van der Waals surface area contributed by atoms with E-state index < -0.39 is 25.5 Å². The second kappa shape index (κ2) is 9.00. The van der Waals surface area contributed by atoms with Crippen molar-refractivity contribution in [2.45, 2.75) is 38.3 Å². The SMILES string of the molecule is CCOP(=O)(OCC)C(O[C@H]1C=C[C@@H](n2cnc3c(N)ncnc32)C1)C(=O)OC. The molecule has 1 aliphatic rings. The van der Waals surface area contributed by atoms with E-state index in [1.165, 1.54) is 13.4 Å². The highest BCUT2D eigenvalue weighted by molar-refractivity contribution is 7.55. The minimum absolute atomic E-state index is 0.0966. The van der Waals surface area contributed by atoms with E-state index in [2.05, 4.69) is 15.0 Å². The van der Waals surface area contributed by atoms with Gasteiger partial charge in [-0.1, -0.05) is 12.2 Å². The number of fused-ring (bicyclic) bond motifs is 1. The number of imidazole rings is 1. The Balaban J connectivity index is 1.79. The molecule has 12 heteroatoms. The highest BCUT2D eigenvalue weighted by Crippen LogP contribution is 2.54. The third kappa shape index (κ3) is 4.32. The van der Waals surface area contributed by atoms with E-state index in [9.17, 15) is 9.36 Å². The number of nitrogens with two attached hydrogens (primary N) is 1. The predicted molar refractivity (Wildman–Crippen MR) is 104 cm³/mol. The molecule has 29 heavy (non-hydrogen) atoms. The van der Waals surface area contributed by atoms with Gasteiger partial charge in [-0.25, -0.2) is 19.7 Å². The summed E-state index contributed by atoms with van der Waals surface area (Å²) in [5.41, 5.74) is 6.93. The first-order valence-electron chi connectivity index (χ1n) is 9.16. The van der Waals surface area contributed by atoms with E-state index in [-0.39, 0.29) is 19.3 Å². The van der Waals surface area contributed by atoms with Gasteiger partial charge in [0.15, 0.2) is 11.5 Å². The molecule has 2 aromatic heterocycles. The van der Waals surface area contributed by atoms with Crippen LogP contribution >= 0.6 is 7.60 Å². The summed E-state index contributed by atoms with van der Waals surface area (Å²) in [6, 6.07) is -0.142. The first-order chi connectivity index (χ1) is 13.9. The van der Waals surface area contributed by atoms with Gasteiger partial charge in [0, 0.05) is 6.42 Å². The summed E-state index contributed by atoms with van der Waals surface area (Å²) >= 11 is 0. The van der Waals surface area contributed by atoms with Gasteiger partial charge >= 0.3 is 13.6 Å². The van der Waals surface area contributed by atoms with E-state index in [1.54, 1.807) is 26.3 Å². The van der Waals surface area contributed by atoms with Gasteiger partial charge in [-0.2, -0.15) is 0 Å². The fourth-order valence-corrected chi connectivity index (χ4v) is 4.86. The molecule has 2 heterocycles. The molecule has 0 aliphatic heterocycles. The first kappa shape index (κ1) is 21.4. The van der Waals surface area contributed by atoms with Crippen molar-refractivity contribution in [3.63, 3.8) is 0 Å². The minimum atomic E-state index is -3.87. The van der Waals surface area contributed by atoms with Gasteiger partial charge in [0.25, 0.3) is 5.85 Å². The number of aromatic nitrogens is 4. The smallest absolute Gasteiger partial charge is 0.370 e. The second-order valence-electron chi connectivity index (χ2n) is 6.20. The maximum Gasteiger partial charge on any atom is 0.370 e. The summed E-state index contributed by atoms with van der Waals surface area (Å²) in [4.78, 5) is 24.7. The van der Waals surface area contributed by atoms with Crippen LogP contribution in [-0.4, -0.2) is 57.8 Å². The van der Waals surface area contributed by atoms with Gasteiger partial charge in [-0.05, 0) is 13.8 Å². The van der Waals surface area contributed by atoms with Crippen LogP contribution in [0.5, 0.6) is 0 Å². The number of hydrogen-bond donors (Lipinski definition) is 1. The molecule has 3 rings (SSSR count). The Morgan fingerprint density at radius 2 is 2.00 bits per heavy atom. The number of hydrogen-bond acceptors (Lipinski definition) is 10. The normalized spacial score (nSPS) is 20.2. The molecule has 3 atom stereocenters. The Kier molecular flexibility index (Phi) is 6.63. The molecule has 1 aliphatic carbocycles. The number of carbonyl (C=O) groups is 1. The van der Waals surface area contributed by atoms with Gasteiger partial charge < -0.3 is 28.8 Å². The Morgan fingerprint density at radius 1 is 1.28 bits per heavy atom. The summed E-state index contributed by atoms with van der Waals surface area (Å²) in [6.45, 7) is 3.51. The Hall–Kier alpha value is -2.33. The van der Waals surface area contributed by atoms with E-state index in [0.717, 1.165) is 0 Å².